The second-order valence-corrected chi connectivity index (χ2v) is 8.03. The Morgan fingerprint density at radius 1 is 1.24 bits per heavy atom. The summed E-state index contributed by atoms with van der Waals surface area (Å²) in [4.78, 5) is 16.7. The average molecular weight is 399 g/mol. The number of carbonyl (C=O) groups excluding carboxylic acids is 1. The number of aliphatic hydroxyl groups is 1. The van der Waals surface area contributed by atoms with Crippen LogP contribution in [0.25, 0.3) is 0 Å². The van der Waals surface area contributed by atoms with E-state index < -0.39 is 6.10 Å². The minimum absolute atomic E-state index is 0.170. The molecule has 7 nitrogen and oxygen atoms in total. The van der Waals surface area contributed by atoms with Gasteiger partial charge in [-0.25, -0.2) is 0 Å². The smallest absolute Gasteiger partial charge is 0.292 e. The minimum atomic E-state index is -0.442. The molecular weight excluding hydrogens is 370 g/mol. The number of aromatic nitrogens is 1. The molecule has 2 aliphatic rings. The first-order valence-corrected chi connectivity index (χ1v) is 10.4. The monoisotopic (exact) mass is 399 g/mol. The number of aliphatic hydroxyl groups excluding tert-OH is 1. The van der Waals surface area contributed by atoms with Crippen molar-refractivity contribution in [2.45, 2.75) is 44.2 Å². The fourth-order valence-electron chi connectivity index (χ4n) is 4.34. The summed E-state index contributed by atoms with van der Waals surface area (Å²) in [5.74, 6) is 1.35. The number of benzene rings is 1. The van der Waals surface area contributed by atoms with E-state index >= 15 is 0 Å². The number of ether oxygens (including phenoxy) is 1. The summed E-state index contributed by atoms with van der Waals surface area (Å²) in [5.41, 5.74) is 2.06. The number of nitrogens with zero attached hydrogens (tertiary/aromatic N) is 3. The molecule has 2 aromatic rings. The largest absolute Gasteiger partial charge is 0.496 e. The second kappa shape index (κ2) is 8.97. The van der Waals surface area contributed by atoms with Crippen molar-refractivity contribution in [1.29, 1.82) is 0 Å². The van der Waals surface area contributed by atoms with E-state index in [2.05, 4.69) is 16.1 Å². The maximum atomic E-state index is 12.6. The minimum Gasteiger partial charge on any atom is -0.496 e. The number of rotatable bonds is 5. The zero-order valence-electron chi connectivity index (χ0n) is 16.9. The molecule has 0 aliphatic carbocycles. The highest BCUT2D eigenvalue weighted by molar-refractivity contribution is 5.91. The Labute approximate surface area is 171 Å². The first kappa shape index (κ1) is 19.9. The zero-order chi connectivity index (χ0) is 20.2. The topological polar surface area (TPSA) is 79.0 Å². The normalized spacial score (nSPS) is 21.3. The van der Waals surface area contributed by atoms with Gasteiger partial charge in [-0.3, -0.25) is 9.69 Å². The van der Waals surface area contributed by atoms with E-state index in [0.717, 1.165) is 56.8 Å². The van der Waals surface area contributed by atoms with Crippen LogP contribution >= 0.6 is 0 Å². The Hall–Kier alpha value is -2.38. The van der Waals surface area contributed by atoms with Gasteiger partial charge in [0.2, 0.25) is 5.76 Å². The van der Waals surface area contributed by atoms with Crippen LogP contribution in [0.3, 0.4) is 0 Å². The Morgan fingerprint density at radius 3 is 2.79 bits per heavy atom. The summed E-state index contributed by atoms with van der Waals surface area (Å²) in [6.07, 6.45) is 3.09. The van der Waals surface area contributed by atoms with E-state index in [0.29, 0.717) is 19.0 Å². The van der Waals surface area contributed by atoms with Gasteiger partial charge in [0.1, 0.15) is 5.75 Å². The van der Waals surface area contributed by atoms with Crippen LogP contribution in [0.4, 0.5) is 0 Å². The number of β-amino-alcohol motifs (C(OH)–C–C–N with tert-alkyl or cyclic N) is 1. The summed E-state index contributed by atoms with van der Waals surface area (Å²) in [6.45, 7) is 3.84. The van der Waals surface area contributed by atoms with Crippen molar-refractivity contribution in [1.82, 2.24) is 15.0 Å². The Kier molecular flexibility index (Phi) is 6.16. The third-order valence-corrected chi connectivity index (χ3v) is 6.02. The lowest BCUT2D eigenvalue weighted by molar-refractivity contribution is 0.0441. The Morgan fingerprint density at radius 2 is 2.03 bits per heavy atom. The van der Waals surface area contributed by atoms with Crippen LogP contribution in [0.2, 0.25) is 0 Å². The summed E-state index contributed by atoms with van der Waals surface area (Å²) in [5, 5.41) is 14.0. The molecule has 2 saturated heterocycles. The van der Waals surface area contributed by atoms with Crippen molar-refractivity contribution in [3.05, 3.63) is 47.3 Å². The number of hydrogen-bond donors (Lipinski definition) is 1. The molecule has 156 valence electrons. The quantitative estimate of drug-likeness (QED) is 0.833. The number of hydrogen-bond acceptors (Lipinski definition) is 6. The fourth-order valence-corrected chi connectivity index (χ4v) is 4.34. The number of methoxy groups -OCH3 is 1. The van der Waals surface area contributed by atoms with Gasteiger partial charge >= 0.3 is 0 Å². The fraction of sp³-hybridized carbons (Fsp3) is 0.545. The lowest BCUT2D eigenvalue weighted by Crippen LogP contribution is -2.42. The summed E-state index contributed by atoms with van der Waals surface area (Å²) >= 11 is 0. The van der Waals surface area contributed by atoms with Crippen molar-refractivity contribution in [3.63, 3.8) is 0 Å². The predicted molar refractivity (Wildman–Crippen MR) is 108 cm³/mol. The van der Waals surface area contributed by atoms with Gasteiger partial charge in [0, 0.05) is 37.2 Å². The molecular formula is C22H29N3O4. The molecule has 7 heteroatoms. The van der Waals surface area contributed by atoms with Crippen molar-refractivity contribution in [3.8, 4) is 5.75 Å². The van der Waals surface area contributed by atoms with Gasteiger partial charge in [-0.2, -0.15) is 0 Å². The predicted octanol–water partition coefficient (Wildman–Crippen LogP) is 2.66. The van der Waals surface area contributed by atoms with Gasteiger partial charge in [-0.15, -0.1) is 0 Å². The van der Waals surface area contributed by atoms with Crippen molar-refractivity contribution in [2.75, 3.05) is 33.3 Å². The van der Waals surface area contributed by atoms with Crippen molar-refractivity contribution >= 4 is 5.91 Å². The van der Waals surface area contributed by atoms with Crippen LogP contribution in [0.1, 0.15) is 53.4 Å². The van der Waals surface area contributed by atoms with Crippen LogP contribution < -0.4 is 4.74 Å². The standard InChI is InChI=1S/C22H29N3O4/c1-28-20-7-3-2-5-17(20)14-24-11-8-16(9-12-24)19-13-21(29-23-19)22(27)25-10-4-6-18(26)15-25/h2-3,5,7,13,16,18,26H,4,6,8-12,14-15H2,1H3. The van der Waals surface area contributed by atoms with Gasteiger partial charge < -0.3 is 19.3 Å². The van der Waals surface area contributed by atoms with E-state index in [1.807, 2.05) is 18.2 Å². The molecule has 3 heterocycles. The number of amides is 1. The highest BCUT2D eigenvalue weighted by atomic mass is 16.5. The van der Waals surface area contributed by atoms with Gasteiger partial charge in [0.25, 0.3) is 5.91 Å². The number of piperidine rings is 2. The number of carbonyl (C=O) groups is 1. The molecule has 1 aromatic heterocycles. The molecule has 0 spiro atoms. The third-order valence-electron chi connectivity index (χ3n) is 6.02. The molecule has 0 saturated carbocycles. The van der Waals surface area contributed by atoms with Gasteiger partial charge in [-0.1, -0.05) is 23.4 Å². The summed E-state index contributed by atoms with van der Waals surface area (Å²) < 4.78 is 10.8. The highest BCUT2D eigenvalue weighted by Gasteiger charge is 2.28. The Bertz CT molecular complexity index is 829. The summed E-state index contributed by atoms with van der Waals surface area (Å²) in [7, 11) is 1.71. The van der Waals surface area contributed by atoms with Crippen molar-refractivity contribution in [2.24, 2.45) is 0 Å². The molecule has 1 atom stereocenters. The molecule has 2 aliphatic heterocycles. The maximum absolute atomic E-state index is 12.6. The van der Waals surface area contributed by atoms with Crippen LogP contribution in [0.5, 0.6) is 5.75 Å². The van der Waals surface area contributed by atoms with E-state index in [4.69, 9.17) is 9.26 Å². The molecule has 1 amide bonds. The molecule has 0 radical (unpaired) electrons. The Balaban J connectivity index is 1.33. The lowest BCUT2D eigenvalue weighted by atomic mass is 9.93. The molecule has 2 fully saturated rings. The zero-order valence-corrected chi connectivity index (χ0v) is 16.9. The SMILES string of the molecule is COc1ccccc1CN1CCC(c2cc(C(=O)N3CCCC(O)C3)on2)CC1. The molecule has 4 rings (SSSR count). The second-order valence-electron chi connectivity index (χ2n) is 8.03. The molecule has 1 unspecified atom stereocenters. The average Bonchev–Trinajstić information content (AvgIpc) is 3.24. The van der Waals surface area contributed by atoms with Gasteiger partial charge in [0.15, 0.2) is 0 Å². The number of para-hydroxylation sites is 1. The summed E-state index contributed by atoms with van der Waals surface area (Å²) in [6, 6.07) is 9.93. The van der Waals surface area contributed by atoms with E-state index in [1.54, 1.807) is 18.1 Å². The first-order chi connectivity index (χ1) is 14.1. The molecule has 29 heavy (non-hydrogen) atoms. The molecule has 1 aromatic carbocycles. The maximum Gasteiger partial charge on any atom is 0.292 e. The molecule has 1 N–H and O–H groups in total. The van der Waals surface area contributed by atoms with Gasteiger partial charge in [0.05, 0.1) is 18.9 Å². The van der Waals surface area contributed by atoms with Crippen LogP contribution in [-0.4, -0.2) is 65.4 Å². The van der Waals surface area contributed by atoms with Gasteiger partial charge in [-0.05, 0) is 44.8 Å². The van der Waals surface area contributed by atoms with Crippen LogP contribution in [0, 0.1) is 0 Å². The number of likely N-dealkylation sites (tertiary alicyclic amines) is 2. The third kappa shape index (κ3) is 4.62. The molecule has 0 bridgehead atoms. The van der Waals surface area contributed by atoms with Crippen molar-refractivity contribution < 1.29 is 19.2 Å². The highest BCUT2D eigenvalue weighted by Crippen LogP contribution is 2.30. The van der Waals surface area contributed by atoms with Crippen LogP contribution in [-0.2, 0) is 6.54 Å². The lowest BCUT2D eigenvalue weighted by Gasteiger charge is -2.31. The van der Waals surface area contributed by atoms with E-state index in [1.165, 1.54) is 5.56 Å². The first-order valence-electron chi connectivity index (χ1n) is 10.4. The van der Waals surface area contributed by atoms with E-state index in [9.17, 15) is 9.90 Å². The van der Waals surface area contributed by atoms with Crippen LogP contribution in [0.15, 0.2) is 34.9 Å². The van der Waals surface area contributed by atoms with E-state index in [-0.39, 0.29) is 11.7 Å².